The molecule has 2 heterocycles. The molecule has 3 rings (SSSR count). The van der Waals surface area contributed by atoms with Crippen LogP contribution in [0.3, 0.4) is 0 Å². The highest BCUT2D eigenvalue weighted by atomic mass is 79.9. The van der Waals surface area contributed by atoms with Crippen molar-refractivity contribution in [2.24, 2.45) is 0 Å². The predicted molar refractivity (Wildman–Crippen MR) is 88.0 cm³/mol. The number of carbonyl (C=O) groups is 1. The highest BCUT2D eigenvalue weighted by molar-refractivity contribution is 9.10. The third-order valence-electron chi connectivity index (χ3n) is 3.73. The molecule has 3 N–H and O–H groups in total. The molecule has 0 radical (unpaired) electrons. The van der Waals surface area contributed by atoms with E-state index in [1.165, 1.54) is 22.8 Å². The van der Waals surface area contributed by atoms with Gasteiger partial charge in [0.1, 0.15) is 11.5 Å². The summed E-state index contributed by atoms with van der Waals surface area (Å²) in [4.78, 5) is 23.2. The maximum atomic E-state index is 14.5. The first kappa shape index (κ1) is 16.4. The maximum Gasteiger partial charge on any atom is 0.409 e. The Kier molecular flexibility index (Phi) is 4.27. The van der Waals surface area contributed by atoms with Crippen LogP contribution in [-0.4, -0.2) is 15.8 Å². The topological polar surface area (TPSA) is 83.4 Å². The van der Waals surface area contributed by atoms with E-state index in [2.05, 4.69) is 26.6 Å². The van der Waals surface area contributed by atoms with Crippen LogP contribution in [0, 0.1) is 11.6 Å². The number of anilines is 3. The Balaban J connectivity index is 2.17. The zero-order valence-corrected chi connectivity index (χ0v) is 13.8. The molecule has 1 aliphatic heterocycles. The summed E-state index contributed by atoms with van der Waals surface area (Å²) < 4.78 is 30.2. The second kappa shape index (κ2) is 6.23. The summed E-state index contributed by atoms with van der Waals surface area (Å²) in [6.07, 6.45) is -0.385. The molecule has 0 fully saturated rings. The predicted octanol–water partition coefficient (Wildman–Crippen LogP) is 3.67. The zero-order valence-electron chi connectivity index (χ0n) is 12.2. The Bertz CT molecular complexity index is 899. The molecule has 24 heavy (non-hydrogen) atoms. The van der Waals surface area contributed by atoms with Crippen LogP contribution in [0.1, 0.15) is 12.1 Å². The number of fused-ring (bicyclic) bond motifs is 1. The average molecular weight is 400 g/mol. The van der Waals surface area contributed by atoms with Crippen LogP contribution >= 0.6 is 15.9 Å². The number of hydrogen-bond donors (Lipinski definition) is 3. The Morgan fingerprint density at radius 3 is 2.71 bits per heavy atom. The van der Waals surface area contributed by atoms with Gasteiger partial charge in [-0.3, -0.25) is 10.1 Å². The quantitative estimate of drug-likeness (QED) is 0.735. The molecule has 0 unspecified atom stereocenters. The molecule has 2 aromatic rings. The fourth-order valence-electron chi connectivity index (χ4n) is 2.72. The van der Waals surface area contributed by atoms with Crippen molar-refractivity contribution in [3.63, 3.8) is 0 Å². The number of aromatic nitrogens is 1. The third kappa shape index (κ3) is 2.86. The number of halogens is 3. The molecule has 0 saturated heterocycles. The normalized spacial score (nSPS) is 12.8. The van der Waals surface area contributed by atoms with Crippen LogP contribution in [0.25, 0.3) is 0 Å². The van der Waals surface area contributed by atoms with Gasteiger partial charge in [0.2, 0.25) is 5.82 Å². The van der Waals surface area contributed by atoms with Gasteiger partial charge >= 0.3 is 6.09 Å². The van der Waals surface area contributed by atoms with Crippen molar-refractivity contribution in [3.05, 3.63) is 50.4 Å². The van der Waals surface area contributed by atoms with Crippen molar-refractivity contribution in [1.82, 2.24) is 4.57 Å². The fourth-order valence-corrected chi connectivity index (χ4v) is 3.06. The summed E-state index contributed by atoms with van der Waals surface area (Å²) in [6, 6.07) is 4.06. The molecule has 0 saturated carbocycles. The molecule has 0 aliphatic carbocycles. The number of nitrogens with one attached hydrogen (secondary N) is 2. The van der Waals surface area contributed by atoms with Gasteiger partial charge < -0.3 is 15.0 Å². The fraction of sp³-hybridized carbons (Fsp3) is 0.200. The maximum absolute atomic E-state index is 14.5. The average Bonchev–Trinajstić information content (AvgIpc) is 2.99. The van der Waals surface area contributed by atoms with E-state index >= 15 is 0 Å². The van der Waals surface area contributed by atoms with Crippen LogP contribution in [0.15, 0.2) is 27.5 Å². The monoisotopic (exact) mass is 399 g/mol. The molecule has 1 aromatic carbocycles. The van der Waals surface area contributed by atoms with Gasteiger partial charge in [0.15, 0.2) is 0 Å². The summed E-state index contributed by atoms with van der Waals surface area (Å²) in [5.74, 6) is -1.84. The van der Waals surface area contributed by atoms with E-state index in [4.69, 9.17) is 5.11 Å². The smallest absolute Gasteiger partial charge is 0.409 e. The Hall–Kier alpha value is -2.42. The van der Waals surface area contributed by atoms with Crippen molar-refractivity contribution in [1.29, 1.82) is 0 Å². The lowest BCUT2D eigenvalue weighted by molar-refractivity contribution is 0.209. The molecule has 9 heteroatoms. The number of rotatable bonds is 3. The van der Waals surface area contributed by atoms with Crippen LogP contribution < -0.4 is 16.2 Å². The van der Waals surface area contributed by atoms with Crippen molar-refractivity contribution < 1.29 is 18.7 Å². The van der Waals surface area contributed by atoms with Gasteiger partial charge in [0.05, 0.1) is 11.4 Å². The van der Waals surface area contributed by atoms with Crippen LogP contribution in [0.4, 0.5) is 30.6 Å². The lowest BCUT2D eigenvalue weighted by Gasteiger charge is -2.17. The van der Waals surface area contributed by atoms with Gasteiger partial charge in [-0.05, 0) is 31.0 Å². The molecule has 126 valence electrons. The number of pyridine rings is 1. The molecular weight excluding hydrogens is 388 g/mol. The minimum atomic E-state index is -1.40. The van der Waals surface area contributed by atoms with Gasteiger partial charge in [0.25, 0.3) is 5.56 Å². The standard InChI is InChI=1S/C15H12BrF2N3O3/c16-7-3-4-9(8(17)6-7)19-13-11(18)14(22)21-5-1-2-10(21)12(13)20-15(23)24/h3-4,6,19-20H,1-2,5H2,(H,23,24). The number of amides is 1. The number of benzene rings is 1. The van der Waals surface area contributed by atoms with Crippen molar-refractivity contribution in [2.75, 3.05) is 10.6 Å². The van der Waals surface area contributed by atoms with Crippen LogP contribution in [0.5, 0.6) is 0 Å². The second-order valence-corrected chi connectivity index (χ2v) is 6.17. The Labute approximate surface area is 143 Å². The molecule has 0 bridgehead atoms. The van der Waals surface area contributed by atoms with Crippen LogP contribution in [0.2, 0.25) is 0 Å². The summed E-state index contributed by atoms with van der Waals surface area (Å²) >= 11 is 3.11. The molecule has 1 aromatic heterocycles. The van der Waals surface area contributed by atoms with Gasteiger partial charge in [-0.2, -0.15) is 4.39 Å². The van der Waals surface area contributed by atoms with E-state index in [0.29, 0.717) is 29.6 Å². The van der Waals surface area contributed by atoms with E-state index in [1.54, 1.807) is 0 Å². The van der Waals surface area contributed by atoms with Gasteiger partial charge in [-0.1, -0.05) is 15.9 Å². The second-order valence-electron chi connectivity index (χ2n) is 5.25. The highest BCUT2D eigenvalue weighted by Gasteiger charge is 2.26. The van der Waals surface area contributed by atoms with E-state index in [-0.39, 0.29) is 17.1 Å². The lowest BCUT2D eigenvalue weighted by Crippen LogP contribution is -2.26. The Morgan fingerprint density at radius 2 is 2.04 bits per heavy atom. The molecule has 0 spiro atoms. The van der Waals surface area contributed by atoms with Crippen molar-refractivity contribution in [3.8, 4) is 0 Å². The van der Waals surface area contributed by atoms with Crippen molar-refractivity contribution in [2.45, 2.75) is 19.4 Å². The number of nitrogens with zero attached hydrogens (tertiary/aromatic N) is 1. The molecular formula is C15H12BrF2N3O3. The van der Waals surface area contributed by atoms with Gasteiger partial charge in [-0.15, -0.1) is 0 Å². The first-order chi connectivity index (χ1) is 11.4. The first-order valence-electron chi connectivity index (χ1n) is 7.05. The summed E-state index contributed by atoms with van der Waals surface area (Å²) in [5.41, 5.74) is -1.01. The van der Waals surface area contributed by atoms with Gasteiger partial charge in [0, 0.05) is 16.7 Å². The zero-order chi connectivity index (χ0) is 17.4. The largest absolute Gasteiger partial charge is 0.465 e. The molecule has 1 aliphatic rings. The first-order valence-corrected chi connectivity index (χ1v) is 7.85. The van der Waals surface area contributed by atoms with E-state index < -0.39 is 23.3 Å². The summed E-state index contributed by atoms with van der Waals surface area (Å²) in [7, 11) is 0. The lowest BCUT2D eigenvalue weighted by atomic mass is 10.2. The van der Waals surface area contributed by atoms with Crippen LogP contribution in [-0.2, 0) is 13.0 Å². The molecule has 0 atom stereocenters. The van der Waals surface area contributed by atoms with E-state index in [0.717, 1.165) is 0 Å². The molecule has 1 amide bonds. The van der Waals surface area contributed by atoms with Gasteiger partial charge in [-0.25, -0.2) is 9.18 Å². The van der Waals surface area contributed by atoms with E-state index in [9.17, 15) is 18.4 Å². The van der Waals surface area contributed by atoms with E-state index in [1.807, 2.05) is 0 Å². The summed E-state index contributed by atoms with van der Waals surface area (Å²) in [6.45, 7) is 0.312. The third-order valence-corrected chi connectivity index (χ3v) is 4.23. The molecule has 6 nitrogen and oxygen atoms in total. The minimum absolute atomic E-state index is 0.0700. The SMILES string of the molecule is O=C(O)Nc1c(Nc2ccc(Br)cc2F)c(F)c(=O)n2c1CCC2. The summed E-state index contributed by atoms with van der Waals surface area (Å²) in [5, 5.41) is 13.6. The Morgan fingerprint density at radius 1 is 1.29 bits per heavy atom. The number of hydrogen-bond acceptors (Lipinski definition) is 3. The minimum Gasteiger partial charge on any atom is -0.465 e. The van der Waals surface area contributed by atoms with Crippen molar-refractivity contribution >= 4 is 39.1 Å². The highest BCUT2D eigenvalue weighted by Crippen LogP contribution is 2.34. The number of carboxylic acid groups (broad SMARTS) is 1.